The van der Waals surface area contributed by atoms with Crippen molar-refractivity contribution in [2.24, 2.45) is 0 Å². The average molecular weight is 262 g/mol. The Morgan fingerprint density at radius 1 is 1.42 bits per heavy atom. The molecule has 1 amide bonds. The Kier molecular flexibility index (Phi) is 3.74. The second-order valence-electron chi connectivity index (χ2n) is 4.73. The number of carbonyl (C=O) groups excluding carboxylic acids is 2. The summed E-state index contributed by atoms with van der Waals surface area (Å²) in [7, 11) is 3.33. The minimum atomic E-state index is -0.645. The highest BCUT2D eigenvalue weighted by Gasteiger charge is 2.20. The van der Waals surface area contributed by atoms with E-state index in [2.05, 4.69) is 15.0 Å². The zero-order valence-corrected chi connectivity index (χ0v) is 11.4. The fourth-order valence-electron chi connectivity index (χ4n) is 2.22. The Balaban J connectivity index is 2.10. The maximum atomic E-state index is 12.0. The number of hydrogen-bond acceptors (Lipinski definition) is 4. The van der Waals surface area contributed by atoms with Gasteiger partial charge in [-0.1, -0.05) is 0 Å². The van der Waals surface area contributed by atoms with Gasteiger partial charge in [0.05, 0.1) is 7.11 Å². The molecule has 19 heavy (non-hydrogen) atoms. The molecule has 1 N–H and O–H groups in total. The van der Waals surface area contributed by atoms with Gasteiger partial charge in [0.2, 0.25) is 0 Å². The number of hydrogen-bond donors (Lipinski definition) is 1. The van der Waals surface area contributed by atoms with Crippen LogP contribution in [0.2, 0.25) is 0 Å². The van der Waals surface area contributed by atoms with Crippen LogP contribution in [-0.2, 0) is 16.0 Å². The molecule has 0 aliphatic carbocycles. The molecule has 0 radical (unpaired) electrons. The molecule has 0 bridgehead atoms. The van der Waals surface area contributed by atoms with E-state index < -0.39 is 12.0 Å². The lowest BCUT2D eigenvalue weighted by molar-refractivity contribution is -0.142. The first-order valence-corrected chi connectivity index (χ1v) is 6.25. The largest absolute Gasteiger partial charge is 0.467 e. The van der Waals surface area contributed by atoms with E-state index in [-0.39, 0.29) is 5.91 Å². The van der Waals surface area contributed by atoms with Crippen LogP contribution < -0.4 is 10.2 Å². The van der Waals surface area contributed by atoms with Crippen molar-refractivity contribution in [1.29, 1.82) is 0 Å². The molecule has 5 heteroatoms. The van der Waals surface area contributed by atoms with Crippen LogP contribution in [0.25, 0.3) is 0 Å². The lowest BCUT2D eigenvalue weighted by Crippen LogP contribution is -2.39. The van der Waals surface area contributed by atoms with Gasteiger partial charge in [0.1, 0.15) is 6.04 Å². The third-order valence-corrected chi connectivity index (χ3v) is 3.37. The van der Waals surface area contributed by atoms with Crippen molar-refractivity contribution in [3.63, 3.8) is 0 Å². The molecule has 0 aromatic heterocycles. The normalized spacial score (nSPS) is 14.8. The van der Waals surface area contributed by atoms with Crippen molar-refractivity contribution >= 4 is 17.6 Å². The van der Waals surface area contributed by atoms with Gasteiger partial charge in [0, 0.05) is 24.8 Å². The molecule has 1 unspecified atom stereocenters. The second-order valence-corrected chi connectivity index (χ2v) is 4.73. The first kappa shape index (κ1) is 13.4. The summed E-state index contributed by atoms with van der Waals surface area (Å²) in [6.07, 6.45) is 0.944. The molecule has 2 rings (SSSR count). The van der Waals surface area contributed by atoms with Crippen LogP contribution in [0.1, 0.15) is 22.8 Å². The number of nitrogens with one attached hydrogen (secondary N) is 1. The maximum Gasteiger partial charge on any atom is 0.328 e. The number of methoxy groups -OCH3 is 1. The Morgan fingerprint density at radius 3 is 2.84 bits per heavy atom. The Hall–Kier alpha value is -2.04. The number of anilines is 1. The van der Waals surface area contributed by atoms with E-state index in [1.165, 1.54) is 12.7 Å². The number of likely N-dealkylation sites (N-methyl/N-ethyl adjacent to an activating group) is 1. The quantitative estimate of drug-likeness (QED) is 0.825. The molecular weight excluding hydrogens is 244 g/mol. The van der Waals surface area contributed by atoms with Crippen LogP contribution in [0.4, 0.5) is 5.69 Å². The van der Waals surface area contributed by atoms with Crippen LogP contribution in [0, 0.1) is 0 Å². The average Bonchev–Trinajstić information content (AvgIpc) is 2.78. The van der Waals surface area contributed by atoms with Crippen molar-refractivity contribution in [1.82, 2.24) is 5.32 Å². The highest BCUT2D eigenvalue weighted by molar-refractivity contribution is 5.97. The molecule has 1 aromatic rings. The maximum absolute atomic E-state index is 12.0. The molecule has 0 saturated carbocycles. The van der Waals surface area contributed by atoms with Gasteiger partial charge in [-0.25, -0.2) is 4.79 Å². The molecule has 0 fully saturated rings. The fourth-order valence-corrected chi connectivity index (χ4v) is 2.22. The van der Waals surface area contributed by atoms with E-state index in [4.69, 9.17) is 0 Å². The standard InChI is InChI=1S/C14H18N2O3/c1-9(14(18)19-3)15-13(17)11-4-5-12-10(8-11)6-7-16(12)2/h4-5,8-9H,6-7H2,1-3H3,(H,15,17). The Labute approximate surface area is 112 Å². The number of carbonyl (C=O) groups is 2. The fraction of sp³-hybridized carbons (Fsp3) is 0.429. The minimum absolute atomic E-state index is 0.254. The van der Waals surface area contributed by atoms with Gasteiger partial charge in [-0.3, -0.25) is 4.79 Å². The lowest BCUT2D eigenvalue weighted by atomic mass is 10.1. The summed E-state index contributed by atoms with van der Waals surface area (Å²) in [6, 6.07) is 4.96. The molecule has 1 aromatic carbocycles. The van der Waals surface area contributed by atoms with Crippen molar-refractivity contribution < 1.29 is 14.3 Å². The third kappa shape index (κ3) is 2.70. The highest BCUT2D eigenvalue weighted by Crippen LogP contribution is 2.27. The molecule has 1 aliphatic rings. The molecule has 102 valence electrons. The van der Waals surface area contributed by atoms with Gasteiger partial charge in [-0.2, -0.15) is 0 Å². The van der Waals surface area contributed by atoms with E-state index >= 15 is 0 Å². The molecule has 5 nitrogen and oxygen atoms in total. The van der Waals surface area contributed by atoms with E-state index in [1.807, 2.05) is 19.2 Å². The van der Waals surface area contributed by atoms with E-state index in [0.717, 1.165) is 18.7 Å². The number of benzene rings is 1. The number of ether oxygens (including phenoxy) is 1. The third-order valence-electron chi connectivity index (χ3n) is 3.37. The van der Waals surface area contributed by atoms with Crippen LogP contribution in [-0.4, -0.2) is 38.6 Å². The molecule has 0 spiro atoms. The van der Waals surface area contributed by atoms with Crippen molar-refractivity contribution in [2.75, 3.05) is 25.6 Å². The first-order valence-electron chi connectivity index (χ1n) is 6.25. The summed E-state index contributed by atoms with van der Waals surface area (Å²) in [5.41, 5.74) is 2.91. The summed E-state index contributed by atoms with van der Waals surface area (Å²) in [4.78, 5) is 25.5. The summed E-state index contributed by atoms with van der Waals surface area (Å²) >= 11 is 0. The Bertz CT molecular complexity index is 513. The van der Waals surface area contributed by atoms with Crippen molar-refractivity contribution in [2.45, 2.75) is 19.4 Å². The molecule has 1 atom stereocenters. The molecule has 1 aliphatic heterocycles. The van der Waals surface area contributed by atoms with Gasteiger partial charge in [0.15, 0.2) is 0 Å². The minimum Gasteiger partial charge on any atom is -0.467 e. The monoisotopic (exact) mass is 262 g/mol. The van der Waals surface area contributed by atoms with Crippen LogP contribution in [0.3, 0.4) is 0 Å². The smallest absolute Gasteiger partial charge is 0.328 e. The number of rotatable bonds is 3. The summed E-state index contributed by atoms with van der Waals surface area (Å²) < 4.78 is 4.58. The molecule has 1 heterocycles. The number of amides is 1. The number of fused-ring (bicyclic) bond motifs is 1. The van der Waals surface area contributed by atoms with Gasteiger partial charge in [-0.15, -0.1) is 0 Å². The summed E-state index contributed by atoms with van der Waals surface area (Å²) in [5.74, 6) is -0.704. The van der Waals surface area contributed by atoms with E-state index in [0.29, 0.717) is 5.56 Å². The zero-order chi connectivity index (χ0) is 14.0. The molecular formula is C14H18N2O3. The van der Waals surface area contributed by atoms with Crippen molar-refractivity contribution in [3.8, 4) is 0 Å². The van der Waals surface area contributed by atoms with Gasteiger partial charge < -0.3 is 15.0 Å². The van der Waals surface area contributed by atoms with Crippen molar-refractivity contribution in [3.05, 3.63) is 29.3 Å². The zero-order valence-electron chi connectivity index (χ0n) is 11.4. The Morgan fingerprint density at radius 2 is 2.16 bits per heavy atom. The summed E-state index contributed by atoms with van der Waals surface area (Å²) in [6.45, 7) is 2.57. The van der Waals surface area contributed by atoms with Crippen LogP contribution in [0.5, 0.6) is 0 Å². The number of esters is 1. The predicted octanol–water partition coefficient (Wildman–Crippen LogP) is 0.970. The van der Waals surface area contributed by atoms with Gasteiger partial charge in [0.25, 0.3) is 5.91 Å². The first-order chi connectivity index (χ1) is 9.02. The SMILES string of the molecule is COC(=O)C(C)NC(=O)c1ccc2c(c1)CCN2C. The van der Waals surface area contributed by atoms with Crippen LogP contribution >= 0.6 is 0 Å². The van der Waals surface area contributed by atoms with Gasteiger partial charge in [-0.05, 0) is 37.1 Å². The lowest BCUT2D eigenvalue weighted by Gasteiger charge is -2.14. The van der Waals surface area contributed by atoms with Crippen LogP contribution in [0.15, 0.2) is 18.2 Å². The summed E-state index contributed by atoms with van der Waals surface area (Å²) in [5, 5.41) is 2.62. The van der Waals surface area contributed by atoms with E-state index in [1.54, 1.807) is 13.0 Å². The predicted molar refractivity (Wildman–Crippen MR) is 72.4 cm³/mol. The second kappa shape index (κ2) is 5.30. The number of nitrogens with zero attached hydrogens (tertiary/aromatic N) is 1. The molecule has 0 saturated heterocycles. The van der Waals surface area contributed by atoms with Gasteiger partial charge >= 0.3 is 5.97 Å². The topological polar surface area (TPSA) is 58.6 Å². The van der Waals surface area contributed by atoms with E-state index in [9.17, 15) is 9.59 Å². The highest BCUT2D eigenvalue weighted by atomic mass is 16.5.